The molecule has 0 aliphatic heterocycles. The van der Waals surface area contributed by atoms with E-state index in [9.17, 15) is 18.4 Å². The van der Waals surface area contributed by atoms with Crippen molar-refractivity contribution in [1.82, 2.24) is 5.32 Å². The van der Waals surface area contributed by atoms with E-state index in [4.69, 9.17) is 5.11 Å². The number of urea groups is 1. The van der Waals surface area contributed by atoms with Crippen LogP contribution < -0.4 is 10.6 Å². The van der Waals surface area contributed by atoms with Crippen LogP contribution >= 0.6 is 15.9 Å². The zero-order chi connectivity index (χ0) is 14.4. The molecule has 5 nitrogen and oxygen atoms in total. The van der Waals surface area contributed by atoms with Gasteiger partial charge >= 0.3 is 12.0 Å². The summed E-state index contributed by atoms with van der Waals surface area (Å²) in [6.07, 6.45) is 0.190. The van der Waals surface area contributed by atoms with E-state index >= 15 is 0 Å². The van der Waals surface area contributed by atoms with E-state index in [1.54, 1.807) is 0 Å². The summed E-state index contributed by atoms with van der Waals surface area (Å²) in [6, 6.07) is 1.05. The second-order valence-corrected chi connectivity index (χ2v) is 4.48. The normalized spacial score (nSPS) is 10.1. The van der Waals surface area contributed by atoms with E-state index in [-0.39, 0.29) is 29.5 Å². The third-order valence-corrected chi connectivity index (χ3v) is 2.72. The zero-order valence-electron chi connectivity index (χ0n) is 9.67. The van der Waals surface area contributed by atoms with Gasteiger partial charge in [0, 0.05) is 19.0 Å². The lowest BCUT2D eigenvalue weighted by Gasteiger charge is -2.08. The molecule has 0 aromatic heterocycles. The number of carboxylic acids is 1. The average molecular weight is 337 g/mol. The van der Waals surface area contributed by atoms with Crippen LogP contribution in [0.1, 0.15) is 12.8 Å². The summed E-state index contributed by atoms with van der Waals surface area (Å²) >= 11 is 2.87. The molecular weight excluding hydrogens is 326 g/mol. The second kappa shape index (κ2) is 7.03. The molecule has 0 saturated heterocycles. The van der Waals surface area contributed by atoms with Crippen molar-refractivity contribution in [2.75, 3.05) is 11.9 Å². The van der Waals surface area contributed by atoms with E-state index in [2.05, 4.69) is 26.6 Å². The maximum absolute atomic E-state index is 13.3. The number of hydrogen-bond acceptors (Lipinski definition) is 2. The number of carbonyl (C=O) groups is 2. The largest absolute Gasteiger partial charge is 0.481 e. The van der Waals surface area contributed by atoms with Crippen molar-refractivity contribution in [1.29, 1.82) is 0 Å². The molecular formula is C11H11BrF2N2O3. The average Bonchev–Trinajstić information content (AvgIpc) is 2.31. The first-order chi connectivity index (χ1) is 8.90. The molecule has 0 spiro atoms. The number of carboxylic acid groups (broad SMARTS) is 1. The van der Waals surface area contributed by atoms with Crippen LogP contribution in [0.3, 0.4) is 0 Å². The van der Waals surface area contributed by atoms with E-state index in [0.29, 0.717) is 6.07 Å². The second-order valence-electron chi connectivity index (χ2n) is 3.62. The molecule has 3 N–H and O–H groups in total. The van der Waals surface area contributed by atoms with Crippen molar-refractivity contribution in [2.45, 2.75) is 12.8 Å². The first-order valence-corrected chi connectivity index (χ1v) is 6.10. The summed E-state index contributed by atoms with van der Waals surface area (Å²) in [4.78, 5) is 21.6. The highest BCUT2D eigenvalue weighted by molar-refractivity contribution is 9.10. The summed E-state index contributed by atoms with van der Waals surface area (Å²) in [6.45, 7) is 0.141. The molecule has 2 amide bonds. The smallest absolute Gasteiger partial charge is 0.319 e. The van der Waals surface area contributed by atoms with Gasteiger partial charge in [0.15, 0.2) is 0 Å². The number of aliphatic carboxylic acids is 1. The van der Waals surface area contributed by atoms with Crippen LogP contribution in [-0.2, 0) is 4.79 Å². The van der Waals surface area contributed by atoms with Gasteiger partial charge in [-0.3, -0.25) is 4.79 Å². The Balaban J connectivity index is 2.48. The molecule has 1 aromatic carbocycles. The highest BCUT2D eigenvalue weighted by Gasteiger charge is 2.10. The SMILES string of the molecule is O=C(O)CCCNC(=O)Nc1cc(Br)c(F)cc1F. The molecule has 0 bridgehead atoms. The maximum atomic E-state index is 13.3. The van der Waals surface area contributed by atoms with E-state index in [0.717, 1.165) is 6.07 Å². The van der Waals surface area contributed by atoms with Gasteiger partial charge in [-0.05, 0) is 28.4 Å². The maximum Gasteiger partial charge on any atom is 0.319 e. The Labute approximate surface area is 116 Å². The van der Waals surface area contributed by atoms with Crippen molar-refractivity contribution in [3.05, 3.63) is 28.2 Å². The molecule has 104 valence electrons. The van der Waals surface area contributed by atoms with Crippen molar-refractivity contribution in [2.24, 2.45) is 0 Å². The summed E-state index contributed by atoms with van der Waals surface area (Å²) in [7, 11) is 0. The number of amides is 2. The molecule has 0 fully saturated rings. The van der Waals surface area contributed by atoms with Gasteiger partial charge in [-0.15, -0.1) is 0 Å². The third kappa shape index (κ3) is 5.21. The molecule has 1 rings (SSSR count). The molecule has 0 aliphatic carbocycles. The van der Waals surface area contributed by atoms with Crippen molar-refractivity contribution >= 4 is 33.6 Å². The van der Waals surface area contributed by atoms with Gasteiger partial charge in [-0.2, -0.15) is 0 Å². The third-order valence-electron chi connectivity index (χ3n) is 2.11. The summed E-state index contributed by atoms with van der Waals surface area (Å²) in [5.41, 5.74) is -0.177. The van der Waals surface area contributed by atoms with Gasteiger partial charge in [0.2, 0.25) is 0 Å². The fraction of sp³-hybridized carbons (Fsp3) is 0.273. The number of benzene rings is 1. The lowest BCUT2D eigenvalue weighted by molar-refractivity contribution is -0.137. The standard InChI is InChI=1S/C11H11BrF2N2O3/c12-6-4-9(8(14)5-7(6)13)16-11(19)15-3-1-2-10(17)18/h4-5H,1-3H2,(H,17,18)(H2,15,16,19). The first kappa shape index (κ1) is 15.4. The predicted octanol–water partition coefficient (Wildman–Crippen LogP) is 2.71. The number of nitrogens with one attached hydrogen (secondary N) is 2. The van der Waals surface area contributed by atoms with Gasteiger partial charge < -0.3 is 15.7 Å². The Morgan fingerprint density at radius 1 is 1.26 bits per heavy atom. The fourth-order valence-electron chi connectivity index (χ4n) is 1.23. The van der Waals surface area contributed by atoms with Crippen molar-refractivity contribution in [3.63, 3.8) is 0 Å². The van der Waals surface area contributed by atoms with Crippen LogP contribution in [-0.4, -0.2) is 23.7 Å². The minimum absolute atomic E-state index is 0.0232. The lowest BCUT2D eigenvalue weighted by atomic mass is 10.3. The Hall–Kier alpha value is -1.70. The number of rotatable bonds is 5. The molecule has 0 atom stereocenters. The number of halogens is 3. The fourth-order valence-corrected chi connectivity index (χ4v) is 1.57. The Kier molecular flexibility index (Phi) is 5.68. The van der Waals surface area contributed by atoms with Crippen LogP contribution in [0.5, 0.6) is 0 Å². The van der Waals surface area contributed by atoms with E-state index in [1.807, 2.05) is 0 Å². The molecule has 1 aromatic rings. The van der Waals surface area contributed by atoms with Crippen LogP contribution in [0.25, 0.3) is 0 Å². The summed E-state index contributed by atoms with van der Waals surface area (Å²) in [5.74, 6) is -2.64. The summed E-state index contributed by atoms with van der Waals surface area (Å²) in [5, 5.41) is 12.9. The molecule has 19 heavy (non-hydrogen) atoms. The number of hydrogen-bond donors (Lipinski definition) is 3. The van der Waals surface area contributed by atoms with Crippen molar-refractivity contribution in [3.8, 4) is 0 Å². The van der Waals surface area contributed by atoms with Crippen LogP contribution in [0.2, 0.25) is 0 Å². The molecule has 0 radical (unpaired) electrons. The van der Waals surface area contributed by atoms with Gasteiger partial charge in [-0.1, -0.05) is 0 Å². The minimum atomic E-state index is -0.962. The Morgan fingerprint density at radius 3 is 2.58 bits per heavy atom. The van der Waals surface area contributed by atoms with Gasteiger partial charge in [-0.25, -0.2) is 13.6 Å². The van der Waals surface area contributed by atoms with E-state index in [1.165, 1.54) is 0 Å². The lowest BCUT2D eigenvalue weighted by Crippen LogP contribution is -2.30. The van der Waals surface area contributed by atoms with E-state index < -0.39 is 23.6 Å². The first-order valence-electron chi connectivity index (χ1n) is 5.31. The number of carbonyl (C=O) groups excluding carboxylic acids is 1. The number of anilines is 1. The van der Waals surface area contributed by atoms with Gasteiger partial charge in [0.1, 0.15) is 11.6 Å². The Morgan fingerprint density at radius 2 is 1.95 bits per heavy atom. The van der Waals surface area contributed by atoms with Crippen LogP contribution in [0.4, 0.5) is 19.3 Å². The van der Waals surface area contributed by atoms with Gasteiger partial charge in [0.25, 0.3) is 0 Å². The molecule has 0 unspecified atom stereocenters. The zero-order valence-corrected chi connectivity index (χ0v) is 11.3. The highest BCUT2D eigenvalue weighted by atomic mass is 79.9. The minimum Gasteiger partial charge on any atom is -0.481 e. The van der Waals surface area contributed by atoms with Crippen molar-refractivity contribution < 1.29 is 23.5 Å². The molecule has 0 heterocycles. The quantitative estimate of drug-likeness (QED) is 0.571. The molecule has 0 saturated carbocycles. The highest BCUT2D eigenvalue weighted by Crippen LogP contribution is 2.23. The predicted molar refractivity (Wildman–Crippen MR) is 67.9 cm³/mol. The monoisotopic (exact) mass is 336 g/mol. The molecule has 0 aliphatic rings. The molecule has 8 heteroatoms. The topological polar surface area (TPSA) is 78.4 Å². The van der Waals surface area contributed by atoms with Crippen LogP contribution in [0.15, 0.2) is 16.6 Å². The summed E-state index contributed by atoms with van der Waals surface area (Å²) < 4.78 is 26.3. The van der Waals surface area contributed by atoms with Crippen LogP contribution in [0, 0.1) is 11.6 Å². The Bertz CT molecular complexity index is 497. The van der Waals surface area contributed by atoms with Gasteiger partial charge in [0.05, 0.1) is 10.2 Å².